The molecule has 9 heavy (non-hydrogen) atoms. The molecule has 0 bridgehead atoms. The summed E-state index contributed by atoms with van der Waals surface area (Å²) in [4.78, 5) is 0. The Labute approximate surface area is 56.5 Å². The van der Waals surface area contributed by atoms with Crippen LogP contribution in [0, 0.1) is 0 Å². The fraction of sp³-hybridized carbons (Fsp3) is 1.00. The van der Waals surface area contributed by atoms with Gasteiger partial charge >= 0.3 is 0 Å². The summed E-state index contributed by atoms with van der Waals surface area (Å²) in [7, 11) is 0. The average molecular weight is 136 g/mol. The normalized spacial score (nSPS) is 10.7. The van der Waals surface area contributed by atoms with Gasteiger partial charge in [-0.05, 0) is 19.3 Å². The first-order valence-electron chi connectivity index (χ1n) is 3.41. The van der Waals surface area contributed by atoms with E-state index in [1.165, 1.54) is 0 Å². The smallest absolute Gasteiger partial charge is 0.0640 e. The van der Waals surface area contributed by atoms with Crippen LogP contribution in [0.25, 0.3) is 0 Å². The van der Waals surface area contributed by atoms with Crippen molar-refractivity contribution in [3.05, 3.63) is 0 Å². The molecule has 0 aromatic rings. The van der Waals surface area contributed by atoms with Crippen LogP contribution < -0.4 is 0 Å². The minimum Gasteiger partial charge on any atom is -0.390 e. The number of hydrogen-bond acceptors (Lipinski definition) is 1. The van der Waals surface area contributed by atoms with Gasteiger partial charge in [0.1, 0.15) is 0 Å². The lowest BCUT2D eigenvalue weighted by molar-refractivity contribution is 0.0285. The van der Waals surface area contributed by atoms with Crippen LogP contribution in [-0.2, 0) is 0 Å². The third-order valence-electron chi connectivity index (χ3n) is 1.97. The molecule has 0 fully saturated rings. The molecular weight excluding hydrogens is 119 g/mol. The molecule has 0 aliphatic rings. The summed E-state index contributed by atoms with van der Waals surface area (Å²) in [6.07, 6.45) is 2.62. The predicted octanol–water partition coefficient (Wildman–Crippen LogP) is 2.10. The lowest BCUT2D eigenvalue weighted by Gasteiger charge is -2.22. The molecule has 58 valence electrons. The van der Waals surface area contributed by atoms with Crippen molar-refractivity contribution in [1.82, 2.24) is 0 Å². The second-order valence-electron chi connectivity index (χ2n) is 2.29. The van der Waals surface area contributed by atoms with Crippen LogP contribution in [0.1, 0.15) is 40.0 Å². The Hall–Kier alpha value is -0.110. The minimum absolute atomic E-state index is 0. The fourth-order valence-electron chi connectivity index (χ4n) is 0.750. The van der Waals surface area contributed by atoms with E-state index in [9.17, 15) is 5.11 Å². The lowest BCUT2D eigenvalue weighted by Crippen LogP contribution is -2.24. The van der Waals surface area contributed by atoms with Gasteiger partial charge in [0.2, 0.25) is 0 Å². The van der Waals surface area contributed by atoms with E-state index in [1.807, 2.05) is 20.8 Å². The second kappa shape index (κ2) is 4.74. The van der Waals surface area contributed by atoms with Gasteiger partial charge < -0.3 is 5.11 Å². The quantitative estimate of drug-likeness (QED) is 0.630. The summed E-state index contributed by atoms with van der Waals surface area (Å²) in [6, 6.07) is 0. The Balaban J connectivity index is 0. The average Bonchev–Trinajstić information content (AvgIpc) is 1.87. The molecule has 1 nitrogen and oxygen atoms in total. The molecule has 1 N–H and O–H groups in total. The van der Waals surface area contributed by atoms with Crippen molar-refractivity contribution in [2.24, 2.45) is 0 Å². The van der Waals surface area contributed by atoms with E-state index in [1.54, 1.807) is 0 Å². The van der Waals surface area contributed by atoms with Crippen molar-refractivity contribution >= 4 is 0 Å². The second-order valence-corrected chi connectivity index (χ2v) is 2.29. The number of rotatable bonds is 3. The highest BCUT2D eigenvalue weighted by Crippen LogP contribution is 2.17. The molecule has 0 aliphatic carbocycles. The van der Waals surface area contributed by atoms with Crippen LogP contribution >= 0.6 is 0 Å². The zero-order chi connectivity index (χ0) is 6.62. The van der Waals surface area contributed by atoms with Crippen molar-refractivity contribution in [1.29, 1.82) is 0 Å². The van der Waals surface area contributed by atoms with Crippen molar-refractivity contribution < 1.29 is 9.81 Å². The molecule has 0 saturated carbocycles. The predicted molar refractivity (Wildman–Crippen MR) is 38.3 cm³/mol. The van der Waals surface area contributed by atoms with E-state index < -0.39 is 0 Å². The third kappa shape index (κ3) is 3.46. The van der Waals surface area contributed by atoms with Gasteiger partial charge in [0.15, 0.2) is 0 Å². The van der Waals surface area contributed by atoms with Gasteiger partial charge in [0, 0.05) is 0 Å². The lowest BCUT2D eigenvalue weighted by atomic mass is 9.95. The molecule has 0 spiro atoms. The van der Waals surface area contributed by atoms with Crippen LogP contribution in [0.15, 0.2) is 0 Å². The minimum atomic E-state index is -0.375. The van der Waals surface area contributed by atoms with E-state index in [0.717, 1.165) is 19.3 Å². The number of halogens is 1. The summed E-state index contributed by atoms with van der Waals surface area (Å²) >= 11 is 0. The zero-order valence-corrected chi connectivity index (χ0v) is 6.48. The molecule has 0 saturated heterocycles. The first-order valence-corrected chi connectivity index (χ1v) is 3.41. The number of hydrogen-bond donors (Lipinski definition) is 1. The first-order chi connectivity index (χ1) is 3.68. The molecule has 2 heteroatoms. The van der Waals surface area contributed by atoms with Gasteiger partial charge in [0.25, 0.3) is 0 Å². The Morgan fingerprint density at radius 1 is 1.00 bits per heavy atom. The summed E-state index contributed by atoms with van der Waals surface area (Å²) < 4.78 is 0. The molecule has 0 aliphatic heterocycles. The molecule has 0 radical (unpaired) electrons. The van der Waals surface area contributed by atoms with Crippen molar-refractivity contribution in [3.63, 3.8) is 0 Å². The Bertz CT molecular complexity index is 51.7. The summed E-state index contributed by atoms with van der Waals surface area (Å²) in [6.45, 7) is 6.06. The van der Waals surface area contributed by atoms with E-state index in [2.05, 4.69) is 0 Å². The van der Waals surface area contributed by atoms with E-state index >= 15 is 0 Å². The van der Waals surface area contributed by atoms with Crippen LogP contribution in [0.5, 0.6) is 0 Å². The third-order valence-corrected chi connectivity index (χ3v) is 1.97. The Morgan fingerprint density at radius 2 is 1.22 bits per heavy atom. The molecule has 0 aromatic carbocycles. The van der Waals surface area contributed by atoms with Crippen molar-refractivity contribution in [3.8, 4) is 0 Å². The fourth-order valence-corrected chi connectivity index (χ4v) is 0.750. The summed E-state index contributed by atoms with van der Waals surface area (Å²) in [5, 5.41) is 9.44. The van der Waals surface area contributed by atoms with E-state index in [-0.39, 0.29) is 10.3 Å². The molecule has 0 heterocycles. The van der Waals surface area contributed by atoms with Gasteiger partial charge in [-0.25, -0.2) is 0 Å². The Kier molecular flexibility index (Phi) is 6.14. The highest BCUT2D eigenvalue weighted by atomic mass is 19.0. The molecule has 0 rings (SSSR count). The van der Waals surface area contributed by atoms with Crippen molar-refractivity contribution in [2.75, 3.05) is 0 Å². The zero-order valence-electron chi connectivity index (χ0n) is 6.48. The summed E-state index contributed by atoms with van der Waals surface area (Å²) in [5.74, 6) is 0. The van der Waals surface area contributed by atoms with Gasteiger partial charge in [-0.3, -0.25) is 4.70 Å². The van der Waals surface area contributed by atoms with Crippen LogP contribution in [0.3, 0.4) is 0 Å². The standard InChI is InChI=1S/C7H16O.FH/c1-4-7(8,5-2)6-3;/h8H,4-6H2,1-3H3;1H. The highest BCUT2D eigenvalue weighted by molar-refractivity contribution is 4.71. The monoisotopic (exact) mass is 136 g/mol. The van der Waals surface area contributed by atoms with E-state index in [0.29, 0.717) is 0 Å². The summed E-state index contributed by atoms with van der Waals surface area (Å²) in [5.41, 5.74) is -0.375. The Morgan fingerprint density at radius 3 is 1.22 bits per heavy atom. The molecule has 0 aromatic heterocycles. The van der Waals surface area contributed by atoms with Gasteiger partial charge in [-0.2, -0.15) is 0 Å². The van der Waals surface area contributed by atoms with Gasteiger partial charge in [-0.1, -0.05) is 20.8 Å². The molecular formula is C7H17FO. The van der Waals surface area contributed by atoms with E-state index in [4.69, 9.17) is 0 Å². The molecule has 0 unspecified atom stereocenters. The van der Waals surface area contributed by atoms with Crippen LogP contribution in [0.2, 0.25) is 0 Å². The maximum Gasteiger partial charge on any atom is 0.0640 e. The maximum atomic E-state index is 9.44. The topological polar surface area (TPSA) is 20.2 Å². The first kappa shape index (κ1) is 11.7. The maximum absolute atomic E-state index is 9.44. The largest absolute Gasteiger partial charge is 0.390 e. The number of aliphatic hydroxyl groups is 1. The van der Waals surface area contributed by atoms with Crippen LogP contribution in [0.4, 0.5) is 4.70 Å². The highest BCUT2D eigenvalue weighted by Gasteiger charge is 2.17. The van der Waals surface area contributed by atoms with Crippen LogP contribution in [-0.4, -0.2) is 10.7 Å². The van der Waals surface area contributed by atoms with Crippen molar-refractivity contribution in [2.45, 2.75) is 45.6 Å². The van der Waals surface area contributed by atoms with Gasteiger partial charge in [-0.15, -0.1) is 0 Å². The molecule has 0 amide bonds. The SMILES string of the molecule is CCC(O)(CC)CC.F. The van der Waals surface area contributed by atoms with Gasteiger partial charge in [0.05, 0.1) is 5.60 Å². The molecule has 0 atom stereocenters.